The van der Waals surface area contributed by atoms with E-state index in [1.165, 1.54) is 18.2 Å². The lowest BCUT2D eigenvalue weighted by atomic mass is 9.91. The number of nitro benzene ring substituents is 1. The molecule has 2 aromatic rings. The molecule has 0 aliphatic carbocycles. The Balaban J connectivity index is 1.50. The number of rotatable bonds is 5. The Morgan fingerprint density at radius 2 is 2.13 bits per heavy atom. The summed E-state index contributed by atoms with van der Waals surface area (Å²) in [5.41, 5.74) is 1.22. The number of ether oxygens (including phenoxy) is 1. The fraction of sp³-hybridized carbons (Fsp3) is 0.500. The van der Waals surface area contributed by atoms with Gasteiger partial charge in [0.15, 0.2) is 0 Å². The van der Waals surface area contributed by atoms with Crippen LogP contribution in [0.5, 0.6) is 0 Å². The molecule has 160 valence electrons. The van der Waals surface area contributed by atoms with Crippen molar-refractivity contribution in [1.82, 2.24) is 20.0 Å². The summed E-state index contributed by atoms with van der Waals surface area (Å²) in [6, 6.07) is 3.93. The van der Waals surface area contributed by atoms with E-state index in [0.29, 0.717) is 45.0 Å². The van der Waals surface area contributed by atoms with Crippen LogP contribution in [-0.2, 0) is 11.3 Å². The molecule has 0 bridgehead atoms. The molecule has 2 fully saturated rings. The standard InChI is InChI=1S/C20H24FN5O4/c21-17-4-1-5-18(26(28)29)16(17)13-24-6-2-3-14(12-24)19-15(11-22-23-19)20(27)25-7-9-30-10-8-25/h1,4-5,11,14H,2-3,6-10,12-13H2,(H,22,23)/t14-/m1/s1. The van der Waals surface area contributed by atoms with E-state index in [4.69, 9.17) is 4.74 Å². The number of H-pyrrole nitrogens is 1. The van der Waals surface area contributed by atoms with Gasteiger partial charge in [0.1, 0.15) is 5.82 Å². The highest BCUT2D eigenvalue weighted by Crippen LogP contribution is 2.31. The van der Waals surface area contributed by atoms with Crippen molar-refractivity contribution in [3.8, 4) is 0 Å². The van der Waals surface area contributed by atoms with Crippen LogP contribution in [0.25, 0.3) is 0 Å². The fourth-order valence-electron chi connectivity index (χ4n) is 4.25. The van der Waals surface area contributed by atoms with E-state index in [-0.39, 0.29) is 29.6 Å². The van der Waals surface area contributed by atoms with Gasteiger partial charge >= 0.3 is 0 Å². The fourth-order valence-corrected chi connectivity index (χ4v) is 4.25. The Labute approximate surface area is 173 Å². The van der Waals surface area contributed by atoms with Gasteiger partial charge in [-0.2, -0.15) is 5.10 Å². The molecule has 10 heteroatoms. The summed E-state index contributed by atoms with van der Waals surface area (Å²) in [4.78, 5) is 27.4. The van der Waals surface area contributed by atoms with Gasteiger partial charge in [-0.15, -0.1) is 0 Å². The third-order valence-corrected chi connectivity index (χ3v) is 5.78. The van der Waals surface area contributed by atoms with Crippen molar-refractivity contribution in [3.63, 3.8) is 0 Å². The zero-order valence-corrected chi connectivity index (χ0v) is 16.6. The molecule has 1 aromatic heterocycles. The maximum Gasteiger partial charge on any atom is 0.276 e. The predicted molar refractivity (Wildman–Crippen MR) is 106 cm³/mol. The number of morpholine rings is 1. The lowest BCUT2D eigenvalue weighted by Gasteiger charge is -2.33. The van der Waals surface area contributed by atoms with Gasteiger partial charge in [0.25, 0.3) is 11.6 Å². The first-order valence-electron chi connectivity index (χ1n) is 10.1. The molecule has 1 amide bonds. The quantitative estimate of drug-likeness (QED) is 0.591. The zero-order valence-electron chi connectivity index (χ0n) is 16.6. The molecule has 0 saturated carbocycles. The second-order valence-corrected chi connectivity index (χ2v) is 7.67. The van der Waals surface area contributed by atoms with Gasteiger partial charge in [-0.25, -0.2) is 4.39 Å². The Kier molecular flexibility index (Phi) is 6.05. The van der Waals surface area contributed by atoms with Crippen LogP contribution in [0.1, 0.15) is 40.4 Å². The van der Waals surface area contributed by atoms with Crippen molar-refractivity contribution in [3.05, 3.63) is 57.1 Å². The maximum atomic E-state index is 14.3. The number of piperidine rings is 1. The lowest BCUT2D eigenvalue weighted by molar-refractivity contribution is -0.386. The summed E-state index contributed by atoms with van der Waals surface area (Å²) in [5, 5.41) is 18.4. The average molecular weight is 417 g/mol. The summed E-state index contributed by atoms with van der Waals surface area (Å²) in [7, 11) is 0. The molecule has 0 unspecified atom stereocenters. The van der Waals surface area contributed by atoms with E-state index in [1.54, 1.807) is 11.1 Å². The molecule has 2 aliphatic rings. The number of nitrogens with zero attached hydrogens (tertiary/aromatic N) is 4. The predicted octanol–water partition coefficient (Wildman–Crippen LogP) is 2.31. The summed E-state index contributed by atoms with van der Waals surface area (Å²) >= 11 is 0. The van der Waals surface area contributed by atoms with E-state index in [1.807, 2.05) is 4.90 Å². The summed E-state index contributed by atoms with van der Waals surface area (Å²) < 4.78 is 19.6. The molecule has 9 nitrogen and oxygen atoms in total. The first kappa shape index (κ1) is 20.4. The Morgan fingerprint density at radius 1 is 1.33 bits per heavy atom. The van der Waals surface area contributed by atoms with Gasteiger partial charge in [0.2, 0.25) is 0 Å². The van der Waals surface area contributed by atoms with Crippen LogP contribution in [0.15, 0.2) is 24.4 Å². The Morgan fingerprint density at radius 3 is 2.90 bits per heavy atom. The van der Waals surface area contributed by atoms with E-state index < -0.39 is 10.7 Å². The number of hydrogen-bond donors (Lipinski definition) is 1. The van der Waals surface area contributed by atoms with E-state index in [2.05, 4.69) is 10.2 Å². The van der Waals surface area contributed by atoms with Gasteiger partial charge in [-0.3, -0.25) is 24.9 Å². The third-order valence-electron chi connectivity index (χ3n) is 5.78. The van der Waals surface area contributed by atoms with E-state index >= 15 is 0 Å². The van der Waals surface area contributed by atoms with Crippen LogP contribution in [0.2, 0.25) is 0 Å². The van der Waals surface area contributed by atoms with Crippen LogP contribution >= 0.6 is 0 Å². The number of benzene rings is 1. The van der Waals surface area contributed by atoms with E-state index in [9.17, 15) is 19.3 Å². The molecule has 1 atom stereocenters. The summed E-state index contributed by atoms with van der Waals surface area (Å²) in [6.07, 6.45) is 3.27. The molecule has 1 N–H and O–H groups in total. The second kappa shape index (κ2) is 8.88. The zero-order chi connectivity index (χ0) is 21.1. The molecule has 30 heavy (non-hydrogen) atoms. The van der Waals surface area contributed by atoms with Gasteiger partial charge < -0.3 is 9.64 Å². The van der Waals surface area contributed by atoms with Crippen molar-refractivity contribution < 1.29 is 18.8 Å². The van der Waals surface area contributed by atoms with E-state index in [0.717, 1.165) is 18.5 Å². The number of likely N-dealkylation sites (tertiary alicyclic amines) is 1. The minimum Gasteiger partial charge on any atom is -0.378 e. The van der Waals surface area contributed by atoms with Crippen molar-refractivity contribution >= 4 is 11.6 Å². The Hall–Kier alpha value is -2.85. The topological polar surface area (TPSA) is 105 Å². The lowest BCUT2D eigenvalue weighted by Crippen LogP contribution is -2.41. The van der Waals surface area contributed by atoms with Crippen molar-refractivity contribution in [2.24, 2.45) is 0 Å². The van der Waals surface area contributed by atoms with Gasteiger partial charge in [-0.1, -0.05) is 6.07 Å². The summed E-state index contributed by atoms with van der Waals surface area (Å²) in [6.45, 7) is 3.59. The maximum absolute atomic E-state index is 14.3. The largest absolute Gasteiger partial charge is 0.378 e. The molecule has 1 aromatic carbocycles. The monoisotopic (exact) mass is 417 g/mol. The first-order chi connectivity index (χ1) is 14.5. The Bertz CT molecular complexity index is 928. The highest BCUT2D eigenvalue weighted by molar-refractivity contribution is 5.95. The normalized spacial score (nSPS) is 20.3. The average Bonchev–Trinajstić information content (AvgIpc) is 3.25. The van der Waals surface area contributed by atoms with Crippen LogP contribution in [-0.4, -0.2) is 70.2 Å². The number of carbonyl (C=O) groups excluding carboxylic acids is 1. The number of carbonyl (C=O) groups is 1. The SMILES string of the molecule is O=C(c1cn[nH]c1[C@@H]1CCCN(Cc2c(F)cccc2[N+](=O)[O-])C1)N1CCOCC1. The number of nitrogens with one attached hydrogen (secondary N) is 1. The van der Waals surface area contributed by atoms with Gasteiger partial charge in [0.05, 0.1) is 41.2 Å². The number of aromatic amines is 1. The van der Waals surface area contributed by atoms with Crippen molar-refractivity contribution in [1.29, 1.82) is 0 Å². The van der Waals surface area contributed by atoms with Crippen LogP contribution in [0, 0.1) is 15.9 Å². The second-order valence-electron chi connectivity index (χ2n) is 7.67. The molecule has 2 aliphatic heterocycles. The molecule has 4 rings (SSSR count). The molecular weight excluding hydrogens is 393 g/mol. The number of halogens is 1. The first-order valence-corrected chi connectivity index (χ1v) is 10.1. The van der Waals surface area contributed by atoms with Crippen LogP contribution in [0.4, 0.5) is 10.1 Å². The highest BCUT2D eigenvalue weighted by atomic mass is 19.1. The molecule has 0 spiro atoms. The van der Waals surface area contributed by atoms with Crippen LogP contribution < -0.4 is 0 Å². The number of aromatic nitrogens is 2. The molecular formula is C20H24FN5O4. The third kappa shape index (κ3) is 4.19. The van der Waals surface area contributed by atoms with Crippen LogP contribution in [0.3, 0.4) is 0 Å². The minimum absolute atomic E-state index is 0.0204. The molecule has 0 radical (unpaired) electrons. The summed E-state index contributed by atoms with van der Waals surface area (Å²) in [5.74, 6) is -0.618. The van der Waals surface area contributed by atoms with Crippen molar-refractivity contribution in [2.45, 2.75) is 25.3 Å². The number of nitro groups is 1. The highest BCUT2D eigenvalue weighted by Gasteiger charge is 2.30. The van der Waals surface area contributed by atoms with Gasteiger partial charge in [0, 0.05) is 38.2 Å². The number of hydrogen-bond acceptors (Lipinski definition) is 6. The van der Waals surface area contributed by atoms with Crippen molar-refractivity contribution in [2.75, 3.05) is 39.4 Å². The number of amides is 1. The minimum atomic E-state index is -0.573. The molecule has 2 saturated heterocycles. The smallest absolute Gasteiger partial charge is 0.276 e. The van der Waals surface area contributed by atoms with Gasteiger partial charge in [-0.05, 0) is 25.5 Å². The molecule has 3 heterocycles.